The number of halogens is 1. The zero-order valence-corrected chi connectivity index (χ0v) is 11.5. The second kappa shape index (κ2) is 5.07. The van der Waals surface area contributed by atoms with Crippen molar-refractivity contribution in [2.75, 3.05) is 5.73 Å². The van der Waals surface area contributed by atoms with Gasteiger partial charge in [-0.15, -0.1) is 11.3 Å². The van der Waals surface area contributed by atoms with Gasteiger partial charge in [0.1, 0.15) is 17.4 Å². The molecule has 0 spiro atoms. The molecule has 0 atom stereocenters. The normalized spacial score (nSPS) is 10.8. The molecule has 0 saturated carbocycles. The average molecular weight is 291 g/mol. The highest BCUT2D eigenvalue weighted by Crippen LogP contribution is 2.27. The van der Waals surface area contributed by atoms with Crippen LogP contribution in [0.1, 0.15) is 5.01 Å². The molecule has 3 rings (SSSR count). The summed E-state index contributed by atoms with van der Waals surface area (Å²) in [6.45, 7) is 0.408. The van der Waals surface area contributed by atoms with Crippen LogP contribution in [0.3, 0.4) is 0 Å². The molecular weight excluding hydrogens is 280 g/mol. The number of rotatable bonds is 3. The molecule has 0 amide bonds. The first-order valence-electron chi connectivity index (χ1n) is 5.74. The van der Waals surface area contributed by atoms with Gasteiger partial charge in [-0.1, -0.05) is 23.7 Å². The number of hydrogen-bond acceptors (Lipinski definition) is 4. The lowest BCUT2D eigenvalue weighted by Crippen LogP contribution is -1.97. The molecule has 0 bridgehead atoms. The van der Waals surface area contributed by atoms with Crippen molar-refractivity contribution in [3.63, 3.8) is 0 Å². The monoisotopic (exact) mass is 290 g/mol. The summed E-state index contributed by atoms with van der Waals surface area (Å²) >= 11 is 7.53. The van der Waals surface area contributed by atoms with Crippen LogP contribution in [0.15, 0.2) is 42.5 Å². The second-order valence-corrected chi connectivity index (χ2v) is 5.60. The van der Waals surface area contributed by atoms with Crippen LogP contribution >= 0.6 is 22.9 Å². The highest BCUT2D eigenvalue weighted by atomic mass is 35.5. The van der Waals surface area contributed by atoms with Crippen molar-refractivity contribution in [1.29, 1.82) is 0 Å². The Morgan fingerprint density at radius 2 is 2.05 bits per heavy atom. The number of nitrogens with zero attached hydrogens (tertiary/aromatic N) is 1. The molecule has 3 nitrogen and oxygen atoms in total. The fourth-order valence-electron chi connectivity index (χ4n) is 1.76. The van der Waals surface area contributed by atoms with E-state index in [-0.39, 0.29) is 0 Å². The summed E-state index contributed by atoms with van der Waals surface area (Å²) in [4.78, 5) is 4.49. The van der Waals surface area contributed by atoms with Crippen LogP contribution in [-0.4, -0.2) is 4.98 Å². The molecule has 0 fully saturated rings. The standard InChI is InChI=1S/C14H11ClN2OS/c15-9-5-6-13-11(7-9)17-14(19-13)8-18-12-4-2-1-3-10(12)16/h1-7H,8,16H2. The maximum atomic E-state index is 5.94. The van der Waals surface area contributed by atoms with Gasteiger partial charge in [0.05, 0.1) is 15.9 Å². The molecule has 0 aliphatic rings. The number of benzene rings is 2. The van der Waals surface area contributed by atoms with E-state index in [9.17, 15) is 0 Å². The van der Waals surface area contributed by atoms with E-state index in [2.05, 4.69) is 4.98 Å². The molecule has 0 aliphatic heterocycles. The van der Waals surface area contributed by atoms with Crippen molar-refractivity contribution < 1.29 is 4.74 Å². The number of hydrogen-bond donors (Lipinski definition) is 1. The van der Waals surface area contributed by atoms with Crippen LogP contribution in [0.25, 0.3) is 10.2 Å². The van der Waals surface area contributed by atoms with Gasteiger partial charge in [0.25, 0.3) is 0 Å². The second-order valence-electron chi connectivity index (χ2n) is 4.05. The zero-order chi connectivity index (χ0) is 13.2. The first-order chi connectivity index (χ1) is 9.22. The van der Waals surface area contributed by atoms with Gasteiger partial charge in [0.15, 0.2) is 0 Å². The van der Waals surface area contributed by atoms with Crippen LogP contribution in [0, 0.1) is 0 Å². The topological polar surface area (TPSA) is 48.1 Å². The van der Waals surface area contributed by atoms with Crippen molar-refractivity contribution in [3.05, 3.63) is 52.5 Å². The molecule has 0 saturated heterocycles. The Kier molecular flexibility index (Phi) is 3.27. The van der Waals surface area contributed by atoms with Gasteiger partial charge in [-0.25, -0.2) is 4.98 Å². The largest absolute Gasteiger partial charge is 0.484 e. The lowest BCUT2D eigenvalue weighted by molar-refractivity contribution is 0.307. The molecule has 96 valence electrons. The van der Waals surface area contributed by atoms with Gasteiger partial charge < -0.3 is 10.5 Å². The minimum Gasteiger partial charge on any atom is -0.484 e. The molecular formula is C14H11ClN2OS. The minimum absolute atomic E-state index is 0.408. The summed E-state index contributed by atoms with van der Waals surface area (Å²) in [7, 11) is 0. The summed E-state index contributed by atoms with van der Waals surface area (Å²) in [6.07, 6.45) is 0. The zero-order valence-electron chi connectivity index (χ0n) is 9.97. The number of fused-ring (bicyclic) bond motifs is 1. The van der Waals surface area contributed by atoms with Crippen molar-refractivity contribution >= 4 is 38.8 Å². The van der Waals surface area contributed by atoms with Gasteiger partial charge in [0.2, 0.25) is 0 Å². The third kappa shape index (κ3) is 2.64. The van der Waals surface area contributed by atoms with Gasteiger partial charge in [-0.2, -0.15) is 0 Å². The number of ether oxygens (including phenoxy) is 1. The summed E-state index contributed by atoms with van der Waals surface area (Å²) in [6, 6.07) is 13.1. The summed E-state index contributed by atoms with van der Waals surface area (Å²) < 4.78 is 6.77. The molecule has 0 unspecified atom stereocenters. The maximum Gasteiger partial charge on any atom is 0.142 e. The predicted octanol–water partition coefficient (Wildman–Crippen LogP) is 4.11. The van der Waals surface area contributed by atoms with E-state index in [1.54, 1.807) is 11.3 Å². The van der Waals surface area contributed by atoms with E-state index in [1.165, 1.54) is 0 Å². The number of nitrogens with two attached hydrogens (primary N) is 1. The molecule has 0 aliphatic carbocycles. The van der Waals surface area contributed by atoms with Gasteiger partial charge in [-0.05, 0) is 30.3 Å². The molecule has 2 aromatic carbocycles. The van der Waals surface area contributed by atoms with Crippen LogP contribution in [0.5, 0.6) is 5.75 Å². The first kappa shape index (κ1) is 12.3. The van der Waals surface area contributed by atoms with E-state index in [1.807, 2.05) is 42.5 Å². The van der Waals surface area contributed by atoms with Gasteiger partial charge >= 0.3 is 0 Å². The lowest BCUT2D eigenvalue weighted by Gasteiger charge is -2.06. The van der Waals surface area contributed by atoms with E-state index in [0.29, 0.717) is 23.1 Å². The molecule has 19 heavy (non-hydrogen) atoms. The van der Waals surface area contributed by atoms with Crippen molar-refractivity contribution in [3.8, 4) is 5.75 Å². The lowest BCUT2D eigenvalue weighted by atomic mass is 10.3. The summed E-state index contributed by atoms with van der Waals surface area (Å²) in [5.41, 5.74) is 7.35. The highest BCUT2D eigenvalue weighted by Gasteiger charge is 2.06. The Hall–Kier alpha value is -1.78. The van der Waals surface area contributed by atoms with Gasteiger partial charge in [-0.3, -0.25) is 0 Å². The number of anilines is 1. The van der Waals surface area contributed by atoms with Crippen molar-refractivity contribution in [2.45, 2.75) is 6.61 Å². The number of aromatic nitrogens is 1. The number of thiazole rings is 1. The van der Waals surface area contributed by atoms with Crippen LogP contribution in [0.4, 0.5) is 5.69 Å². The van der Waals surface area contributed by atoms with Crippen LogP contribution in [-0.2, 0) is 6.61 Å². The van der Waals surface area contributed by atoms with Crippen LogP contribution < -0.4 is 10.5 Å². The molecule has 2 N–H and O–H groups in total. The maximum absolute atomic E-state index is 5.94. The first-order valence-corrected chi connectivity index (χ1v) is 6.94. The van der Waals surface area contributed by atoms with E-state index in [4.69, 9.17) is 22.1 Å². The molecule has 0 radical (unpaired) electrons. The SMILES string of the molecule is Nc1ccccc1OCc1nc2cc(Cl)ccc2s1. The third-order valence-electron chi connectivity index (χ3n) is 2.66. The Morgan fingerprint density at radius 1 is 1.21 bits per heavy atom. The average Bonchev–Trinajstić information content (AvgIpc) is 2.79. The quantitative estimate of drug-likeness (QED) is 0.738. The number of para-hydroxylation sites is 2. The predicted molar refractivity (Wildman–Crippen MR) is 79.8 cm³/mol. The van der Waals surface area contributed by atoms with E-state index in [0.717, 1.165) is 15.2 Å². The summed E-state index contributed by atoms with van der Waals surface area (Å²) in [5, 5.41) is 1.60. The smallest absolute Gasteiger partial charge is 0.142 e. The fraction of sp³-hybridized carbons (Fsp3) is 0.0714. The Labute approximate surface area is 119 Å². The molecule has 5 heteroatoms. The summed E-state index contributed by atoms with van der Waals surface area (Å²) in [5.74, 6) is 0.680. The Balaban J connectivity index is 1.80. The van der Waals surface area contributed by atoms with Crippen LogP contribution in [0.2, 0.25) is 5.02 Å². The third-order valence-corrected chi connectivity index (χ3v) is 3.91. The molecule has 3 aromatic rings. The van der Waals surface area contributed by atoms with E-state index >= 15 is 0 Å². The van der Waals surface area contributed by atoms with E-state index < -0.39 is 0 Å². The highest BCUT2D eigenvalue weighted by molar-refractivity contribution is 7.18. The molecule has 1 aromatic heterocycles. The Bertz CT molecular complexity index is 726. The molecule has 1 heterocycles. The van der Waals surface area contributed by atoms with Crippen molar-refractivity contribution in [2.24, 2.45) is 0 Å². The minimum atomic E-state index is 0.408. The van der Waals surface area contributed by atoms with Gasteiger partial charge in [0, 0.05) is 5.02 Å². The number of nitrogen functional groups attached to an aromatic ring is 1. The fourth-order valence-corrected chi connectivity index (χ4v) is 2.79. The Morgan fingerprint density at radius 3 is 2.89 bits per heavy atom. The van der Waals surface area contributed by atoms with Crippen molar-refractivity contribution in [1.82, 2.24) is 4.98 Å².